The molecule has 0 amide bonds. The van der Waals surface area contributed by atoms with Crippen LogP contribution in [0.25, 0.3) is 0 Å². The monoisotopic (exact) mass is 347 g/mol. The Morgan fingerprint density at radius 2 is 1.71 bits per heavy atom. The summed E-state index contributed by atoms with van der Waals surface area (Å²) in [5, 5.41) is 0.842. The molecule has 21 heavy (non-hydrogen) atoms. The molecule has 0 saturated carbocycles. The van der Waals surface area contributed by atoms with Gasteiger partial charge < -0.3 is 0 Å². The molecule has 0 saturated heterocycles. The zero-order chi connectivity index (χ0) is 15.6. The number of halogens is 3. The molecule has 0 aromatic heterocycles. The first-order valence-electron chi connectivity index (χ1n) is 5.94. The van der Waals surface area contributed by atoms with Gasteiger partial charge in [-0.2, -0.15) is 0 Å². The summed E-state index contributed by atoms with van der Waals surface area (Å²) in [7, 11) is -3.54. The molecule has 0 aliphatic heterocycles. The van der Waals surface area contributed by atoms with E-state index in [4.69, 9.17) is 23.2 Å². The van der Waals surface area contributed by atoms with Crippen LogP contribution in [-0.2, 0) is 16.6 Å². The molecule has 0 aliphatic carbocycles. The molecule has 0 heterocycles. The maximum absolute atomic E-state index is 13.0. The van der Waals surface area contributed by atoms with Gasteiger partial charge in [-0.05, 0) is 42.0 Å². The highest BCUT2D eigenvalue weighted by Gasteiger charge is 2.19. The lowest BCUT2D eigenvalue weighted by molar-refractivity contribution is 0.596. The zero-order valence-corrected chi connectivity index (χ0v) is 13.4. The van der Waals surface area contributed by atoms with E-state index in [2.05, 4.69) is 0 Å². The second-order valence-corrected chi connectivity index (χ2v) is 7.23. The molecule has 2 rings (SSSR count). The van der Waals surface area contributed by atoms with Crippen molar-refractivity contribution < 1.29 is 12.8 Å². The Morgan fingerprint density at radius 1 is 1.10 bits per heavy atom. The first kappa shape index (κ1) is 16.1. The highest BCUT2D eigenvalue weighted by Crippen LogP contribution is 2.26. The van der Waals surface area contributed by atoms with Crippen LogP contribution in [0.4, 0.5) is 10.1 Å². The van der Waals surface area contributed by atoms with Crippen molar-refractivity contribution in [3.8, 4) is 0 Å². The van der Waals surface area contributed by atoms with E-state index in [-0.39, 0.29) is 6.54 Å². The maximum atomic E-state index is 13.0. The van der Waals surface area contributed by atoms with Crippen molar-refractivity contribution in [1.29, 1.82) is 0 Å². The Morgan fingerprint density at radius 3 is 2.24 bits per heavy atom. The van der Waals surface area contributed by atoms with Crippen molar-refractivity contribution in [3.63, 3.8) is 0 Å². The zero-order valence-electron chi connectivity index (χ0n) is 11.1. The average Bonchev–Trinajstić information content (AvgIpc) is 2.38. The van der Waals surface area contributed by atoms with Gasteiger partial charge in [0.1, 0.15) is 5.82 Å². The second-order valence-electron chi connectivity index (χ2n) is 4.48. The van der Waals surface area contributed by atoms with E-state index < -0.39 is 15.8 Å². The van der Waals surface area contributed by atoms with Crippen LogP contribution in [0.15, 0.2) is 42.5 Å². The average molecular weight is 348 g/mol. The van der Waals surface area contributed by atoms with Crippen LogP contribution in [-0.4, -0.2) is 14.7 Å². The minimum Gasteiger partial charge on any atom is -0.266 e. The van der Waals surface area contributed by atoms with Crippen LogP contribution >= 0.6 is 23.2 Å². The quantitative estimate of drug-likeness (QED) is 0.834. The van der Waals surface area contributed by atoms with E-state index in [1.807, 2.05) is 0 Å². The molecule has 0 fully saturated rings. The molecule has 0 aliphatic rings. The number of sulfonamides is 1. The lowest BCUT2D eigenvalue weighted by Crippen LogP contribution is -2.29. The van der Waals surface area contributed by atoms with Crippen LogP contribution in [0.3, 0.4) is 0 Å². The van der Waals surface area contributed by atoms with E-state index in [9.17, 15) is 12.8 Å². The number of rotatable bonds is 4. The Balaban J connectivity index is 2.40. The Bertz CT molecular complexity index is 748. The summed E-state index contributed by atoms with van der Waals surface area (Å²) in [6.45, 7) is 0.0421. The topological polar surface area (TPSA) is 37.4 Å². The first-order chi connectivity index (χ1) is 9.77. The third-order valence-electron chi connectivity index (χ3n) is 2.84. The predicted molar refractivity (Wildman–Crippen MR) is 83.9 cm³/mol. The van der Waals surface area contributed by atoms with Gasteiger partial charge in [-0.25, -0.2) is 12.8 Å². The summed E-state index contributed by atoms with van der Waals surface area (Å²) in [6.07, 6.45) is 1.08. The summed E-state index contributed by atoms with van der Waals surface area (Å²) in [4.78, 5) is 0. The van der Waals surface area contributed by atoms with Crippen LogP contribution in [0.2, 0.25) is 10.0 Å². The molecular formula is C14H12Cl2FNO2S. The molecule has 3 nitrogen and oxygen atoms in total. The van der Waals surface area contributed by atoms with Gasteiger partial charge in [-0.1, -0.05) is 29.3 Å². The molecule has 0 radical (unpaired) electrons. The van der Waals surface area contributed by atoms with Gasteiger partial charge in [-0.15, -0.1) is 0 Å². The molecule has 112 valence electrons. The number of hydrogen-bond donors (Lipinski definition) is 0. The van der Waals surface area contributed by atoms with Crippen LogP contribution < -0.4 is 4.31 Å². The molecule has 0 unspecified atom stereocenters. The minimum absolute atomic E-state index is 0.0421. The molecule has 0 spiro atoms. The molecule has 0 N–H and O–H groups in total. The fraction of sp³-hybridized carbons (Fsp3) is 0.143. The highest BCUT2D eigenvalue weighted by atomic mass is 35.5. The summed E-state index contributed by atoms with van der Waals surface area (Å²) < 4.78 is 38.1. The van der Waals surface area contributed by atoms with Crippen molar-refractivity contribution in [2.24, 2.45) is 0 Å². The van der Waals surface area contributed by atoms with Crippen LogP contribution in [0, 0.1) is 5.82 Å². The molecule has 7 heteroatoms. The first-order valence-corrected chi connectivity index (χ1v) is 8.55. The molecule has 2 aromatic carbocycles. The fourth-order valence-electron chi connectivity index (χ4n) is 1.81. The van der Waals surface area contributed by atoms with Gasteiger partial charge in [0.15, 0.2) is 0 Å². The number of hydrogen-bond acceptors (Lipinski definition) is 2. The van der Waals surface area contributed by atoms with Gasteiger partial charge in [0, 0.05) is 10.0 Å². The van der Waals surface area contributed by atoms with E-state index in [0.717, 1.165) is 10.6 Å². The smallest absolute Gasteiger partial charge is 0.232 e. The highest BCUT2D eigenvalue weighted by molar-refractivity contribution is 7.92. The van der Waals surface area contributed by atoms with E-state index in [0.29, 0.717) is 21.3 Å². The van der Waals surface area contributed by atoms with Gasteiger partial charge in [-0.3, -0.25) is 4.31 Å². The van der Waals surface area contributed by atoms with Crippen LogP contribution in [0.5, 0.6) is 0 Å². The number of benzene rings is 2. The Hall–Kier alpha value is -1.30. The SMILES string of the molecule is CS(=O)(=O)N(Cc1ccc(Cl)cc1Cl)c1ccc(F)cc1. The van der Waals surface area contributed by atoms with Gasteiger partial charge in [0.2, 0.25) is 10.0 Å². The predicted octanol–water partition coefficient (Wildman–Crippen LogP) is 4.10. The van der Waals surface area contributed by atoms with Crippen molar-refractivity contribution in [2.75, 3.05) is 10.6 Å². The third-order valence-corrected chi connectivity index (χ3v) is 4.57. The lowest BCUT2D eigenvalue weighted by atomic mass is 10.2. The largest absolute Gasteiger partial charge is 0.266 e. The van der Waals surface area contributed by atoms with Crippen LogP contribution in [0.1, 0.15) is 5.56 Å². The Kier molecular flexibility index (Phi) is 4.76. The van der Waals surface area contributed by atoms with Crippen molar-refractivity contribution in [2.45, 2.75) is 6.54 Å². The molecular weight excluding hydrogens is 336 g/mol. The number of nitrogens with zero attached hydrogens (tertiary/aromatic N) is 1. The van der Waals surface area contributed by atoms with E-state index >= 15 is 0 Å². The van der Waals surface area contributed by atoms with Crippen molar-refractivity contribution >= 4 is 38.9 Å². The van der Waals surface area contributed by atoms with Gasteiger partial charge in [0.05, 0.1) is 18.5 Å². The summed E-state index contributed by atoms with van der Waals surface area (Å²) in [5.74, 6) is -0.434. The van der Waals surface area contributed by atoms with E-state index in [1.165, 1.54) is 24.3 Å². The van der Waals surface area contributed by atoms with E-state index in [1.54, 1.807) is 18.2 Å². The fourth-order valence-corrected chi connectivity index (χ4v) is 3.16. The Labute approximate surface area is 133 Å². The summed E-state index contributed by atoms with van der Waals surface area (Å²) >= 11 is 11.9. The molecule has 2 aromatic rings. The number of anilines is 1. The molecule has 0 bridgehead atoms. The lowest BCUT2D eigenvalue weighted by Gasteiger charge is -2.23. The van der Waals surface area contributed by atoms with Gasteiger partial charge in [0.25, 0.3) is 0 Å². The third kappa shape index (κ3) is 4.09. The minimum atomic E-state index is -3.54. The second kappa shape index (κ2) is 6.22. The summed E-state index contributed by atoms with van der Waals surface area (Å²) in [6, 6.07) is 10.1. The van der Waals surface area contributed by atoms with Crippen molar-refractivity contribution in [3.05, 3.63) is 63.9 Å². The van der Waals surface area contributed by atoms with Crippen molar-refractivity contribution in [1.82, 2.24) is 0 Å². The normalized spacial score (nSPS) is 11.4. The van der Waals surface area contributed by atoms with Gasteiger partial charge >= 0.3 is 0 Å². The standard InChI is InChI=1S/C14H12Cl2FNO2S/c1-21(19,20)18(13-6-4-12(17)5-7-13)9-10-2-3-11(15)8-14(10)16/h2-8H,9H2,1H3. The maximum Gasteiger partial charge on any atom is 0.232 e. The molecule has 0 atom stereocenters. The summed E-state index contributed by atoms with van der Waals surface area (Å²) in [5.41, 5.74) is 0.973.